The van der Waals surface area contributed by atoms with Crippen LogP contribution in [0.5, 0.6) is 0 Å². The topological polar surface area (TPSA) is 12.9 Å². The Labute approximate surface area is 91.6 Å². The van der Waals surface area contributed by atoms with Gasteiger partial charge < -0.3 is 0 Å². The summed E-state index contributed by atoms with van der Waals surface area (Å²) in [5.74, 6) is 0. The number of hydrogen-bond acceptors (Lipinski definition) is 2. The Bertz CT molecular complexity index is 243. The van der Waals surface area contributed by atoms with Crippen LogP contribution in [0.15, 0.2) is 11.6 Å². The van der Waals surface area contributed by atoms with E-state index in [9.17, 15) is 0 Å². The van der Waals surface area contributed by atoms with Crippen molar-refractivity contribution in [2.75, 3.05) is 0 Å². The molecule has 2 heteroatoms. The number of thiazole rings is 1. The van der Waals surface area contributed by atoms with E-state index in [1.165, 1.54) is 30.7 Å². The third-order valence-electron chi connectivity index (χ3n) is 3.05. The molecule has 0 amide bonds. The van der Waals surface area contributed by atoms with Gasteiger partial charge in [-0.25, -0.2) is 4.98 Å². The molecule has 0 aliphatic heterocycles. The summed E-state index contributed by atoms with van der Waals surface area (Å²) in [7, 11) is 0. The highest BCUT2D eigenvalue weighted by atomic mass is 32.1. The molecule has 14 heavy (non-hydrogen) atoms. The van der Waals surface area contributed by atoms with Gasteiger partial charge in [0.1, 0.15) is 0 Å². The molecule has 0 bridgehead atoms. The van der Waals surface area contributed by atoms with Crippen molar-refractivity contribution in [3.05, 3.63) is 16.6 Å². The molecule has 0 N–H and O–H groups in total. The second kappa shape index (κ2) is 5.50. The SMILES string of the molecule is CCCCC(C)(CC)Cc1nccs1. The van der Waals surface area contributed by atoms with Gasteiger partial charge in [-0.3, -0.25) is 0 Å². The first-order valence-electron chi connectivity index (χ1n) is 5.58. The number of hydrogen-bond donors (Lipinski definition) is 0. The molecule has 1 atom stereocenters. The summed E-state index contributed by atoms with van der Waals surface area (Å²) in [4.78, 5) is 4.38. The Morgan fingerprint density at radius 1 is 1.43 bits per heavy atom. The Morgan fingerprint density at radius 3 is 2.71 bits per heavy atom. The molecule has 1 heterocycles. The number of rotatable bonds is 6. The standard InChI is InChI=1S/C12H21NS/c1-4-6-7-12(3,5-2)10-11-13-8-9-14-11/h8-9H,4-7,10H2,1-3H3. The fourth-order valence-corrected chi connectivity index (χ4v) is 2.53. The molecule has 1 unspecified atom stereocenters. The van der Waals surface area contributed by atoms with Gasteiger partial charge in [0.25, 0.3) is 0 Å². The molecule has 0 spiro atoms. The van der Waals surface area contributed by atoms with Crippen molar-refractivity contribution in [2.45, 2.75) is 52.9 Å². The van der Waals surface area contributed by atoms with Gasteiger partial charge in [0.15, 0.2) is 0 Å². The zero-order chi connectivity index (χ0) is 10.4. The van der Waals surface area contributed by atoms with Gasteiger partial charge in [-0.05, 0) is 11.8 Å². The summed E-state index contributed by atoms with van der Waals surface area (Å²) in [5, 5.41) is 3.37. The van der Waals surface area contributed by atoms with E-state index in [-0.39, 0.29) is 0 Å². The van der Waals surface area contributed by atoms with Crippen LogP contribution in [0.2, 0.25) is 0 Å². The maximum atomic E-state index is 4.38. The van der Waals surface area contributed by atoms with Crippen molar-refractivity contribution in [1.29, 1.82) is 0 Å². The van der Waals surface area contributed by atoms with E-state index in [0.717, 1.165) is 6.42 Å². The van der Waals surface area contributed by atoms with Crippen molar-refractivity contribution in [3.8, 4) is 0 Å². The molecule has 0 aromatic carbocycles. The van der Waals surface area contributed by atoms with Crippen molar-refractivity contribution < 1.29 is 0 Å². The van der Waals surface area contributed by atoms with Gasteiger partial charge in [-0.1, -0.05) is 40.0 Å². The average molecular weight is 211 g/mol. The van der Waals surface area contributed by atoms with Gasteiger partial charge in [-0.2, -0.15) is 0 Å². The lowest BCUT2D eigenvalue weighted by Gasteiger charge is -2.27. The quantitative estimate of drug-likeness (QED) is 0.684. The van der Waals surface area contributed by atoms with Crippen LogP contribution in [-0.2, 0) is 6.42 Å². The third kappa shape index (κ3) is 3.41. The Morgan fingerprint density at radius 2 is 2.21 bits per heavy atom. The summed E-state index contributed by atoms with van der Waals surface area (Å²) in [6.45, 7) is 6.95. The zero-order valence-electron chi connectivity index (χ0n) is 9.55. The summed E-state index contributed by atoms with van der Waals surface area (Å²) >= 11 is 1.79. The van der Waals surface area contributed by atoms with E-state index in [1.807, 2.05) is 6.20 Å². The molecular formula is C12H21NS. The molecular weight excluding hydrogens is 190 g/mol. The highest BCUT2D eigenvalue weighted by Gasteiger charge is 2.22. The molecule has 0 fully saturated rings. The minimum atomic E-state index is 0.466. The molecule has 0 aliphatic rings. The molecule has 0 radical (unpaired) electrons. The Balaban J connectivity index is 2.52. The molecule has 80 valence electrons. The molecule has 1 rings (SSSR count). The fourth-order valence-electron chi connectivity index (χ4n) is 1.70. The van der Waals surface area contributed by atoms with Crippen LogP contribution in [0.25, 0.3) is 0 Å². The van der Waals surface area contributed by atoms with Crippen LogP contribution < -0.4 is 0 Å². The minimum Gasteiger partial charge on any atom is -0.250 e. The van der Waals surface area contributed by atoms with Crippen molar-refractivity contribution in [3.63, 3.8) is 0 Å². The van der Waals surface area contributed by atoms with E-state index >= 15 is 0 Å². The molecule has 1 aromatic rings. The van der Waals surface area contributed by atoms with Crippen LogP contribution in [0.1, 0.15) is 51.5 Å². The second-order valence-corrected chi connectivity index (χ2v) is 5.35. The van der Waals surface area contributed by atoms with E-state index in [2.05, 4.69) is 31.1 Å². The predicted molar refractivity (Wildman–Crippen MR) is 63.7 cm³/mol. The van der Waals surface area contributed by atoms with Gasteiger partial charge in [0.05, 0.1) is 5.01 Å². The highest BCUT2D eigenvalue weighted by Crippen LogP contribution is 2.32. The maximum absolute atomic E-state index is 4.38. The zero-order valence-corrected chi connectivity index (χ0v) is 10.4. The first-order valence-corrected chi connectivity index (χ1v) is 6.46. The monoisotopic (exact) mass is 211 g/mol. The average Bonchev–Trinajstić information content (AvgIpc) is 2.67. The van der Waals surface area contributed by atoms with Crippen LogP contribution in [0, 0.1) is 5.41 Å². The predicted octanol–water partition coefficient (Wildman–Crippen LogP) is 4.29. The van der Waals surface area contributed by atoms with Gasteiger partial charge in [-0.15, -0.1) is 11.3 Å². The lowest BCUT2D eigenvalue weighted by molar-refractivity contribution is 0.273. The first kappa shape index (κ1) is 11.7. The Kier molecular flexibility index (Phi) is 4.59. The smallest absolute Gasteiger partial charge is 0.0930 e. The normalized spacial score (nSPS) is 15.4. The van der Waals surface area contributed by atoms with E-state index in [0.29, 0.717) is 5.41 Å². The van der Waals surface area contributed by atoms with Crippen molar-refractivity contribution in [2.24, 2.45) is 5.41 Å². The molecule has 0 saturated heterocycles. The number of aromatic nitrogens is 1. The van der Waals surface area contributed by atoms with Crippen molar-refractivity contribution >= 4 is 11.3 Å². The molecule has 1 aromatic heterocycles. The summed E-state index contributed by atoms with van der Waals surface area (Å²) in [6, 6.07) is 0. The van der Waals surface area contributed by atoms with Crippen LogP contribution in [-0.4, -0.2) is 4.98 Å². The van der Waals surface area contributed by atoms with Crippen LogP contribution in [0.4, 0.5) is 0 Å². The summed E-state index contributed by atoms with van der Waals surface area (Å²) in [6.07, 6.45) is 8.30. The van der Waals surface area contributed by atoms with Gasteiger partial charge in [0.2, 0.25) is 0 Å². The summed E-state index contributed by atoms with van der Waals surface area (Å²) in [5.41, 5.74) is 0.466. The lowest BCUT2D eigenvalue weighted by Crippen LogP contribution is -2.18. The largest absolute Gasteiger partial charge is 0.250 e. The van der Waals surface area contributed by atoms with E-state index in [1.54, 1.807) is 11.3 Å². The molecule has 1 nitrogen and oxygen atoms in total. The second-order valence-electron chi connectivity index (χ2n) is 4.37. The first-order chi connectivity index (χ1) is 6.70. The van der Waals surface area contributed by atoms with E-state index in [4.69, 9.17) is 0 Å². The third-order valence-corrected chi connectivity index (χ3v) is 3.83. The highest BCUT2D eigenvalue weighted by molar-refractivity contribution is 7.09. The number of unbranched alkanes of at least 4 members (excludes halogenated alkanes) is 1. The van der Waals surface area contributed by atoms with Gasteiger partial charge in [0, 0.05) is 18.0 Å². The maximum Gasteiger partial charge on any atom is 0.0930 e. The fraction of sp³-hybridized carbons (Fsp3) is 0.750. The molecule has 0 aliphatic carbocycles. The van der Waals surface area contributed by atoms with Gasteiger partial charge >= 0.3 is 0 Å². The molecule has 0 saturated carbocycles. The van der Waals surface area contributed by atoms with Crippen LogP contribution in [0.3, 0.4) is 0 Å². The van der Waals surface area contributed by atoms with Crippen molar-refractivity contribution in [1.82, 2.24) is 4.98 Å². The summed E-state index contributed by atoms with van der Waals surface area (Å²) < 4.78 is 0. The lowest BCUT2D eigenvalue weighted by atomic mass is 9.79. The van der Waals surface area contributed by atoms with Crippen LogP contribution >= 0.6 is 11.3 Å². The Hall–Kier alpha value is -0.370. The minimum absolute atomic E-state index is 0.466. The number of nitrogens with zero attached hydrogens (tertiary/aromatic N) is 1. The van der Waals surface area contributed by atoms with E-state index < -0.39 is 0 Å².